The standard InChI is InChI=1S/C10H10ClNO5/c1-2-8(10(13)14)17-9-5-6(11)3-4-7(9)12(15)16/h3-5,8H,2H2,1H3,(H,13,14). The van der Waals surface area contributed by atoms with E-state index in [9.17, 15) is 14.9 Å². The molecule has 0 aromatic heterocycles. The second-order valence-corrected chi connectivity index (χ2v) is 3.66. The van der Waals surface area contributed by atoms with Gasteiger partial charge in [0, 0.05) is 17.2 Å². The highest BCUT2D eigenvalue weighted by atomic mass is 35.5. The monoisotopic (exact) mass is 259 g/mol. The van der Waals surface area contributed by atoms with E-state index in [1.54, 1.807) is 6.92 Å². The fraction of sp³-hybridized carbons (Fsp3) is 0.300. The van der Waals surface area contributed by atoms with E-state index in [0.29, 0.717) is 0 Å². The van der Waals surface area contributed by atoms with Crippen LogP contribution in [0.2, 0.25) is 5.02 Å². The number of benzene rings is 1. The molecule has 0 aliphatic heterocycles. The number of nitro groups is 1. The fourth-order valence-corrected chi connectivity index (χ4v) is 1.36. The Hall–Kier alpha value is -1.82. The Morgan fingerprint density at radius 1 is 1.65 bits per heavy atom. The summed E-state index contributed by atoms with van der Waals surface area (Å²) in [6.45, 7) is 1.61. The second kappa shape index (κ2) is 5.49. The smallest absolute Gasteiger partial charge is 0.344 e. The van der Waals surface area contributed by atoms with E-state index in [2.05, 4.69) is 0 Å². The van der Waals surface area contributed by atoms with Crippen molar-refractivity contribution >= 4 is 23.3 Å². The summed E-state index contributed by atoms with van der Waals surface area (Å²) in [6, 6.07) is 3.74. The Bertz CT molecular complexity index is 448. The van der Waals surface area contributed by atoms with Gasteiger partial charge in [-0.05, 0) is 12.5 Å². The van der Waals surface area contributed by atoms with Crippen molar-refractivity contribution in [3.05, 3.63) is 33.3 Å². The maximum atomic E-state index is 10.8. The lowest BCUT2D eigenvalue weighted by molar-refractivity contribution is -0.386. The maximum absolute atomic E-state index is 10.8. The van der Waals surface area contributed by atoms with Gasteiger partial charge in [0.15, 0.2) is 11.9 Å². The molecule has 7 heteroatoms. The first-order chi connectivity index (χ1) is 7.95. The minimum Gasteiger partial charge on any atom is -0.479 e. The van der Waals surface area contributed by atoms with E-state index in [1.165, 1.54) is 18.2 Å². The van der Waals surface area contributed by atoms with Crippen LogP contribution in [0, 0.1) is 10.1 Å². The van der Waals surface area contributed by atoms with Crippen molar-refractivity contribution in [3.8, 4) is 5.75 Å². The van der Waals surface area contributed by atoms with Gasteiger partial charge < -0.3 is 9.84 Å². The SMILES string of the molecule is CCC(Oc1cc(Cl)ccc1[N+](=O)[O-])C(=O)O. The molecule has 1 atom stereocenters. The summed E-state index contributed by atoms with van der Waals surface area (Å²) in [5.41, 5.74) is -0.311. The van der Waals surface area contributed by atoms with Gasteiger partial charge in [-0.2, -0.15) is 0 Å². The molecule has 0 saturated carbocycles. The van der Waals surface area contributed by atoms with E-state index in [4.69, 9.17) is 21.4 Å². The first-order valence-electron chi connectivity index (χ1n) is 4.79. The zero-order valence-electron chi connectivity index (χ0n) is 8.92. The maximum Gasteiger partial charge on any atom is 0.344 e. The largest absolute Gasteiger partial charge is 0.479 e. The van der Waals surface area contributed by atoms with Crippen molar-refractivity contribution in [3.63, 3.8) is 0 Å². The number of rotatable bonds is 5. The zero-order chi connectivity index (χ0) is 13.0. The second-order valence-electron chi connectivity index (χ2n) is 3.22. The quantitative estimate of drug-likeness (QED) is 0.648. The average molecular weight is 260 g/mol. The number of carboxylic acids is 1. The summed E-state index contributed by atoms with van der Waals surface area (Å²) < 4.78 is 5.07. The molecule has 0 bridgehead atoms. The fourth-order valence-electron chi connectivity index (χ4n) is 1.19. The summed E-state index contributed by atoms with van der Waals surface area (Å²) in [5.74, 6) is -1.32. The van der Waals surface area contributed by atoms with Crippen LogP contribution in [0.3, 0.4) is 0 Å². The first kappa shape index (κ1) is 13.2. The molecule has 0 radical (unpaired) electrons. The van der Waals surface area contributed by atoms with Gasteiger partial charge in [-0.15, -0.1) is 0 Å². The third-order valence-corrected chi connectivity index (χ3v) is 2.27. The van der Waals surface area contributed by atoms with Crippen molar-refractivity contribution < 1.29 is 19.6 Å². The molecule has 1 rings (SSSR count). The molecule has 92 valence electrons. The summed E-state index contributed by atoms with van der Waals surface area (Å²) in [6.07, 6.45) is -0.939. The zero-order valence-corrected chi connectivity index (χ0v) is 9.68. The molecule has 1 unspecified atom stereocenters. The van der Waals surface area contributed by atoms with E-state index in [0.717, 1.165) is 0 Å². The Morgan fingerprint density at radius 2 is 2.29 bits per heavy atom. The third kappa shape index (κ3) is 3.32. The molecule has 1 aromatic carbocycles. The van der Waals surface area contributed by atoms with Crippen LogP contribution in [0.1, 0.15) is 13.3 Å². The van der Waals surface area contributed by atoms with Gasteiger partial charge in [-0.3, -0.25) is 10.1 Å². The molecule has 0 fully saturated rings. The molecule has 17 heavy (non-hydrogen) atoms. The predicted molar refractivity (Wildman–Crippen MR) is 60.4 cm³/mol. The summed E-state index contributed by atoms with van der Waals surface area (Å²) in [4.78, 5) is 20.8. The number of halogens is 1. The molecular weight excluding hydrogens is 250 g/mol. The number of nitro benzene ring substituents is 1. The van der Waals surface area contributed by atoms with Crippen LogP contribution in [0.5, 0.6) is 5.75 Å². The van der Waals surface area contributed by atoms with E-state index >= 15 is 0 Å². The van der Waals surface area contributed by atoms with Crippen LogP contribution in [-0.2, 0) is 4.79 Å². The van der Waals surface area contributed by atoms with Gasteiger partial charge in [0.05, 0.1) is 4.92 Å². The Labute approximate surface area is 102 Å². The highest BCUT2D eigenvalue weighted by Crippen LogP contribution is 2.31. The summed E-state index contributed by atoms with van der Waals surface area (Å²) >= 11 is 5.68. The topological polar surface area (TPSA) is 89.7 Å². The number of carboxylic acid groups (broad SMARTS) is 1. The number of hydrogen-bond acceptors (Lipinski definition) is 4. The van der Waals surface area contributed by atoms with Gasteiger partial charge in [-0.25, -0.2) is 4.79 Å². The van der Waals surface area contributed by atoms with Gasteiger partial charge >= 0.3 is 11.7 Å². The number of ether oxygens (including phenoxy) is 1. The van der Waals surface area contributed by atoms with Crippen LogP contribution in [0.4, 0.5) is 5.69 Å². The molecule has 1 N–H and O–H groups in total. The Balaban J connectivity index is 3.07. The lowest BCUT2D eigenvalue weighted by atomic mass is 10.2. The molecular formula is C10H10ClNO5. The summed E-state index contributed by atoms with van der Waals surface area (Å²) in [7, 11) is 0. The lowest BCUT2D eigenvalue weighted by Crippen LogP contribution is -2.26. The molecule has 0 aliphatic rings. The van der Waals surface area contributed by atoms with Gasteiger partial charge in [0.1, 0.15) is 0 Å². The highest BCUT2D eigenvalue weighted by Gasteiger charge is 2.22. The van der Waals surface area contributed by atoms with Crippen LogP contribution in [0.25, 0.3) is 0 Å². The molecule has 6 nitrogen and oxygen atoms in total. The number of hydrogen-bond donors (Lipinski definition) is 1. The van der Waals surface area contributed by atoms with E-state index < -0.39 is 17.0 Å². The Kier molecular flexibility index (Phi) is 4.28. The van der Waals surface area contributed by atoms with E-state index in [-0.39, 0.29) is 22.9 Å². The van der Waals surface area contributed by atoms with Crippen molar-refractivity contribution in [2.75, 3.05) is 0 Å². The minimum atomic E-state index is -1.18. The molecule has 0 spiro atoms. The number of carbonyl (C=O) groups is 1. The van der Waals surface area contributed by atoms with Crippen LogP contribution >= 0.6 is 11.6 Å². The predicted octanol–water partition coefficient (Wildman–Crippen LogP) is 2.49. The molecule has 0 saturated heterocycles. The van der Waals surface area contributed by atoms with Crippen LogP contribution in [0.15, 0.2) is 18.2 Å². The van der Waals surface area contributed by atoms with Gasteiger partial charge in [0.25, 0.3) is 0 Å². The third-order valence-electron chi connectivity index (χ3n) is 2.03. The van der Waals surface area contributed by atoms with Crippen LogP contribution in [-0.4, -0.2) is 22.1 Å². The first-order valence-corrected chi connectivity index (χ1v) is 5.17. The molecule has 1 aromatic rings. The van der Waals surface area contributed by atoms with Gasteiger partial charge in [-0.1, -0.05) is 18.5 Å². The average Bonchev–Trinajstić information content (AvgIpc) is 2.25. The molecule has 0 amide bonds. The number of aliphatic carboxylic acids is 1. The van der Waals surface area contributed by atoms with Crippen molar-refractivity contribution in [2.45, 2.75) is 19.4 Å². The van der Waals surface area contributed by atoms with Crippen molar-refractivity contribution in [1.29, 1.82) is 0 Å². The van der Waals surface area contributed by atoms with E-state index in [1.807, 2.05) is 0 Å². The van der Waals surface area contributed by atoms with Crippen LogP contribution < -0.4 is 4.74 Å². The Morgan fingerprint density at radius 3 is 2.76 bits per heavy atom. The number of nitrogens with zero attached hydrogens (tertiary/aromatic N) is 1. The van der Waals surface area contributed by atoms with Crippen molar-refractivity contribution in [2.24, 2.45) is 0 Å². The minimum absolute atomic E-state index is 0.142. The highest BCUT2D eigenvalue weighted by molar-refractivity contribution is 6.30. The van der Waals surface area contributed by atoms with Crippen molar-refractivity contribution in [1.82, 2.24) is 0 Å². The van der Waals surface area contributed by atoms with Gasteiger partial charge in [0.2, 0.25) is 0 Å². The lowest BCUT2D eigenvalue weighted by Gasteiger charge is -2.13. The molecule has 0 aliphatic carbocycles. The normalized spacial score (nSPS) is 11.9. The molecule has 0 heterocycles. The summed E-state index contributed by atoms with van der Waals surface area (Å²) in [5, 5.41) is 19.8.